The third-order valence-electron chi connectivity index (χ3n) is 1.49. The van der Waals surface area contributed by atoms with Gasteiger partial charge in [-0.2, -0.15) is 10.2 Å². The van der Waals surface area contributed by atoms with Gasteiger partial charge in [0.2, 0.25) is 0 Å². The molecule has 0 aliphatic rings. The van der Waals surface area contributed by atoms with Gasteiger partial charge in [0.25, 0.3) is 0 Å². The number of carbonyl (C=O) groups is 1. The van der Waals surface area contributed by atoms with Crippen LogP contribution in [-0.4, -0.2) is 24.7 Å². The van der Waals surface area contributed by atoms with E-state index in [2.05, 4.69) is 15.0 Å². The predicted octanol–water partition coefficient (Wildman–Crippen LogP) is 1.65. The zero-order valence-corrected chi connectivity index (χ0v) is 7.67. The fourth-order valence-corrected chi connectivity index (χ4v) is 0.783. The molecule has 0 aliphatic heterocycles. The lowest BCUT2D eigenvalue weighted by molar-refractivity contribution is -0.138. The van der Waals surface area contributed by atoms with Crippen LogP contribution in [0.1, 0.15) is 0 Å². The van der Waals surface area contributed by atoms with Gasteiger partial charge >= 0.3 is 5.97 Å². The summed E-state index contributed by atoms with van der Waals surface area (Å²) in [4.78, 5) is 10.6. The maximum atomic E-state index is 10.6. The molecule has 0 aromatic heterocycles. The Bertz CT molecular complexity index is 350. The van der Waals surface area contributed by atoms with Crippen LogP contribution in [0, 0.1) is 0 Å². The molecule has 14 heavy (non-hydrogen) atoms. The quantitative estimate of drug-likeness (QED) is 0.587. The molecule has 0 saturated carbocycles. The normalized spacial score (nSPS) is 10.4. The minimum absolute atomic E-state index is 0.0288. The van der Waals surface area contributed by atoms with Crippen molar-refractivity contribution in [3.8, 4) is 5.75 Å². The van der Waals surface area contributed by atoms with Crippen molar-refractivity contribution < 1.29 is 14.6 Å². The van der Waals surface area contributed by atoms with Gasteiger partial charge in [-0.1, -0.05) is 12.1 Å². The summed E-state index contributed by atoms with van der Waals surface area (Å²) in [7, 11) is 1.28. The molecule has 0 aliphatic carbocycles. The van der Waals surface area contributed by atoms with E-state index in [1.165, 1.54) is 13.2 Å². The summed E-state index contributed by atoms with van der Waals surface area (Å²) in [6.45, 7) is -0.148. The number of hydrogen-bond donors (Lipinski definition) is 1. The summed E-state index contributed by atoms with van der Waals surface area (Å²) < 4.78 is 4.36. The number of carbonyl (C=O) groups excluding carboxylic acids is 1. The average molecular weight is 194 g/mol. The van der Waals surface area contributed by atoms with Gasteiger partial charge in [-0.05, 0) is 12.1 Å². The molecule has 0 fully saturated rings. The second kappa shape index (κ2) is 4.96. The van der Waals surface area contributed by atoms with E-state index >= 15 is 0 Å². The van der Waals surface area contributed by atoms with Crippen molar-refractivity contribution in [2.24, 2.45) is 10.2 Å². The van der Waals surface area contributed by atoms with Gasteiger partial charge in [0.15, 0.2) is 6.54 Å². The smallest absolute Gasteiger partial charge is 0.329 e. The number of ether oxygens (including phenoxy) is 1. The standard InChI is InChI=1S/C9H10N2O3/c1-14-9(13)6-10-11-7-4-2-3-5-8(7)12/h2-5,12H,6H2,1H3. The first-order valence-corrected chi connectivity index (χ1v) is 3.96. The van der Waals surface area contributed by atoms with Gasteiger partial charge in [0.1, 0.15) is 11.4 Å². The topological polar surface area (TPSA) is 71.2 Å². The van der Waals surface area contributed by atoms with Gasteiger partial charge in [-0.25, -0.2) is 4.79 Å². The van der Waals surface area contributed by atoms with Crippen LogP contribution in [0.25, 0.3) is 0 Å². The molecule has 74 valence electrons. The maximum absolute atomic E-state index is 10.6. The molecule has 0 saturated heterocycles. The summed E-state index contributed by atoms with van der Waals surface area (Å²) in [5.41, 5.74) is 0.330. The largest absolute Gasteiger partial charge is 0.506 e. The number of azo groups is 1. The van der Waals surface area contributed by atoms with E-state index in [4.69, 9.17) is 0 Å². The minimum atomic E-state index is -0.468. The number of hydrogen-bond acceptors (Lipinski definition) is 5. The van der Waals surface area contributed by atoms with Crippen LogP contribution in [0.5, 0.6) is 5.75 Å². The number of esters is 1. The number of methoxy groups -OCH3 is 1. The second-order valence-electron chi connectivity index (χ2n) is 2.46. The molecule has 0 amide bonds. The molecule has 0 spiro atoms. The number of rotatable bonds is 3. The number of phenols is 1. The minimum Gasteiger partial charge on any atom is -0.506 e. The van der Waals surface area contributed by atoms with Crippen LogP contribution in [0.3, 0.4) is 0 Å². The molecule has 5 heteroatoms. The Hall–Kier alpha value is -1.91. The summed E-state index contributed by atoms with van der Waals surface area (Å²) in [5, 5.41) is 16.5. The van der Waals surface area contributed by atoms with E-state index in [9.17, 15) is 9.90 Å². The van der Waals surface area contributed by atoms with Crippen molar-refractivity contribution in [2.45, 2.75) is 0 Å². The van der Waals surface area contributed by atoms with Gasteiger partial charge in [0.05, 0.1) is 7.11 Å². The van der Waals surface area contributed by atoms with E-state index in [1.807, 2.05) is 0 Å². The Morgan fingerprint density at radius 3 is 2.86 bits per heavy atom. The first kappa shape index (κ1) is 10.2. The zero-order valence-electron chi connectivity index (χ0n) is 7.67. The van der Waals surface area contributed by atoms with Crippen molar-refractivity contribution in [2.75, 3.05) is 13.7 Å². The van der Waals surface area contributed by atoms with Crippen LogP contribution in [0.2, 0.25) is 0 Å². The Kier molecular flexibility index (Phi) is 3.60. The highest BCUT2D eigenvalue weighted by molar-refractivity contribution is 5.71. The molecule has 1 rings (SSSR count). The fourth-order valence-electron chi connectivity index (χ4n) is 0.783. The zero-order chi connectivity index (χ0) is 10.4. The van der Waals surface area contributed by atoms with Crippen molar-refractivity contribution >= 4 is 11.7 Å². The van der Waals surface area contributed by atoms with Crippen LogP contribution < -0.4 is 0 Å². The summed E-state index contributed by atoms with van der Waals surface area (Å²) in [6.07, 6.45) is 0. The predicted molar refractivity (Wildman–Crippen MR) is 49.5 cm³/mol. The molecular formula is C9H10N2O3. The summed E-state index contributed by atoms with van der Waals surface area (Å²) >= 11 is 0. The third kappa shape index (κ3) is 2.85. The summed E-state index contributed by atoms with van der Waals surface area (Å²) in [6, 6.07) is 6.48. The molecule has 1 aromatic carbocycles. The molecular weight excluding hydrogens is 184 g/mol. The Labute approximate surface area is 81.0 Å². The van der Waals surface area contributed by atoms with Gasteiger partial charge in [-0.15, -0.1) is 0 Å². The number of aromatic hydroxyl groups is 1. The molecule has 1 aromatic rings. The van der Waals surface area contributed by atoms with Crippen LogP contribution in [-0.2, 0) is 9.53 Å². The van der Waals surface area contributed by atoms with Crippen molar-refractivity contribution in [1.82, 2.24) is 0 Å². The van der Waals surface area contributed by atoms with Gasteiger partial charge < -0.3 is 9.84 Å². The Morgan fingerprint density at radius 2 is 2.21 bits per heavy atom. The Morgan fingerprint density at radius 1 is 1.50 bits per heavy atom. The van der Waals surface area contributed by atoms with Crippen LogP contribution in [0.4, 0.5) is 5.69 Å². The summed E-state index contributed by atoms with van der Waals surface area (Å²) in [5.74, 6) is -0.440. The maximum Gasteiger partial charge on any atom is 0.329 e. The molecule has 0 bridgehead atoms. The highest BCUT2D eigenvalue weighted by Crippen LogP contribution is 2.24. The molecule has 0 radical (unpaired) electrons. The number of benzene rings is 1. The van der Waals surface area contributed by atoms with Crippen molar-refractivity contribution in [3.05, 3.63) is 24.3 Å². The molecule has 0 atom stereocenters. The SMILES string of the molecule is COC(=O)CN=Nc1ccccc1O. The lowest BCUT2D eigenvalue weighted by Crippen LogP contribution is -2.03. The lowest BCUT2D eigenvalue weighted by Gasteiger charge is -1.95. The van der Waals surface area contributed by atoms with E-state index in [1.54, 1.807) is 18.2 Å². The van der Waals surface area contributed by atoms with E-state index < -0.39 is 5.97 Å². The first-order chi connectivity index (χ1) is 6.74. The van der Waals surface area contributed by atoms with Crippen LogP contribution >= 0.6 is 0 Å². The first-order valence-electron chi connectivity index (χ1n) is 3.96. The van der Waals surface area contributed by atoms with E-state index in [0.717, 1.165) is 0 Å². The highest BCUT2D eigenvalue weighted by atomic mass is 16.5. The molecule has 0 heterocycles. The highest BCUT2D eigenvalue weighted by Gasteiger charge is 1.98. The van der Waals surface area contributed by atoms with Gasteiger partial charge in [-0.3, -0.25) is 0 Å². The monoisotopic (exact) mass is 194 g/mol. The Balaban J connectivity index is 2.60. The van der Waals surface area contributed by atoms with E-state index in [-0.39, 0.29) is 12.3 Å². The van der Waals surface area contributed by atoms with Crippen molar-refractivity contribution in [1.29, 1.82) is 0 Å². The average Bonchev–Trinajstić information content (AvgIpc) is 2.20. The van der Waals surface area contributed by atoms with Crippen molar-refractivity contribution in [3.63, 3.8) is 0 Å². The molecule has 5 nitrogen and oxygen atoms in total. The third-order valence-corrected chi connectivity index (χ3v) is 1.49. The number of nitrogens with zero attached hydrogens (tertiary/aromatic N) is 2. The van der Waals surface area contributed by atoms with Gasteiger partial charge in [0, 0.05) is 0 Å². The second-order valence-corrected chi connectivity index (χ2v) is 2.46. The molecule has 0 unspecified atom stereocenters. The van der Waals surface area contributed by atoms with E-state index in [0.29, 0.717) is 5.69 Å². The van der Waals surface area contributed by atoms with Crippen LogP contribution in [0.15, 0.2) is 34.5 Å². The number of phenolic OH excluding ortho intramolecular Hbond substituents is 1. The fraction of sp³-hybridized carbons (Fsp3) is 0.222. The lowest BCUT2D eigenvalue weighted by atomic mass is 10.3. The number of para-hydroxylation sites is 1. The molecule has 1 N–H and O–H groups in total.